The molecule has 9 heteroatoms. The molecular formula is C24H26N4O4S. The minimum Gasteiger partial charge on any atom is -0.481 e. The summed E-state index contributed by atoms with van der Waals surface area (Å²) < 4.78 is 30.8. The van der Waals surface area contributed by atoms with Crippen LogP contribution in [0.3, 0.4) is 0 Å². The fourth-order valence-electron chi connectivity index (χ4n) is 4.45. The lowest BCUT2D eigenvalue weighted by Gasteiger charge is -2.22. The quantitative estimate of drug-likeness (QED) is 0.527. The van der Waals surface area contributed by atoms with Crippen molar-refractivity contribution in [1.29, 1.82) is 0 Å². The second kappa shape index (κ2) is 8.62. The molecule has 1 aliphatic carbocycles. The number of carbonyl (C=O) groups excluding carboxylic acids is 1. The second-order valence-electron chi connectivity index (χ2n) is 8.68. The van der Waals surface area contributed by atoms with Gasteiger partial charge in [0.2, 0.25) is 11.8 Å². The summed E-state index contributed by atoms with van der Waals surface area (Å²) in [5.74, 6) is 0.422. The molecule has 1 unspecified atom stereocenters. The molecule has 2 atom stereocenters. The number of methoxy groups -OCH3 is 1. The summed E-state index contributed by atoms with van der Waals surface area (Å²) in [7, 11) is -1.66. The molecule has 0 bridgehead atoms. The molecule has 0 radical (unpaired) electrons. The van der Waals surface area contributed by atoms with Crippen molar-refractivity contribution in [3.05, 3.63) is 60.0 Å². The number of benzene rings is 1. The van der Waals surface area contributed by atoms with Crippen LogP contribution in [-0.4, -0.2) is 47.9 Å². The van der Waals surface area contributed by atoms with Crippen LogP contribution in [0.2, 0.25) is 0 Å². The van der Waals surface area contributed by atoms with Gasteiger partial charge in [-0.2, -0.15) is 5.10 Å². The van der Waals surface area contributed by atoms with Gasteiger partial charge in [-0.05, 0) is 55.5 Å². The molecule has 8 nitrogen and oxygen atoms in total. The van der Waals surface area contributed by atoms with E-state index in [4.69, 9.17) is 9.72 Å². The van der Waals surface area contributed by atoms with Gasteiger partial charge in [-0.1, -0.05) is 12.1 Å². The van der Waals surface area contributed by atoms with E-state index in [2.05, 4.69) is 15.5 Å². The van der Waals surface area contributed by atoms with Gasteiger partial charge in [0, 0.05) is 35.7 Å². The van der Waals surface area contributed by atoms with Gasteiger partial charge in [0.25, 0.3) is 0 Å². The first-order chi connectivity index (χ1) is 16.0. The van der Waals surface area contributed by atoms with Gasteiger partial charge in [-0.15, -0.1) is 0 Å². The summed E-state index contributed by atoms with van der Waals surface area (Å²) in [6, 6.07) is 11.1. The average molecular weight is 467 g/mol. The summed E-state index contributed by atoms with van der Waals surface area (Å²) in [6.07, 6.45) is 6.93. The number of sulfone groups is 1. The van der Waals surface area contributed by atoms with E-state index in [1.165, 1.54) is 0 Å². The maximum Gasteiger partial charge on any atom is 0.221 e. The number of aromatic amines is 1. The molecule has 5 rings (SSSR count). The molecule has 2 aromatic heterocycles. The second-order valence-corrected chi connectivity index (χ2v) is 10.9. The largest absolute Gasteiger partial charge is 0.481 e. The van der Waals surface area contributed by atoms with Crippen LogP contribution < -0.4 is 10.1 Å². The van der Waals surface area contributed by atoms with Crippen LogP contribution in [0.1, 0.15) is 49.3 Å². The minimum absolute atomic E-state index is 0.0405. The Morgan fingerprint density at radius 1 is 1.12 bits per heavy atom. The monoisotopic (exact) mass is 466 g/mol. The first-order valence-corrected chi connectivity index (χ1v) is 12.7. The predicted molar refractivity (Wildman–Crippen MR) is 123 cm³/mol. The van der Waals surface area contributed by atoms with Gasteiger partial charge in [-0.25, -0.2) is 13.4 Å². The summed E-state index contributed by atoms with van der Waals surface area (Å²) in [5.41, 5.74) is 3.46. The summed E-state index contributed by atoms with van der Waals surface area (Å²) in [5, 5.41) is 9.60. The highest BCUT2D eigenvalue weighted by atomic mass is 32.2. The summed E-state index contributed by atoms with van der Waals surface area (Å²) >= 11 is 0. The molecule has 172 valence electrons. The Kier molecular flexibility index (Phi) is 5.65. The first kappa shape index (κ1) is 21.6. The van der Waals surface area contributed by atoms with Crippen LogP contribution in [-0.2, 0) is 14.6 Å². The third-order valence-corrected chi connectivity index (χ3v) is 8.70. The van der Waals surface area contributed by atoms with E-state index in [0.29, 0.717) is 23.6 Å². The first-order valence-electron chi connectivity index (χ1n) is 11.1. The van der Waals surface area contributed by atoms with Gasteiger partial charge in [0.1, 0.15) is 0 Å². The molecule has 2 fully saturated rings. The molecule has 2 aliphatic rings. The van der Waals surface area contributed by atoms with Crippen molar-refractivity contribution in [3.8, 4) is 17.0 Å². The molecule has 1 aliphatic heterocycles. The number of ether oxygens (including phenoxy) is 1. The van der Waals surface area contributed by atoms with Gasteiger partial charge >= 0.3 is 0 Å². The number of amides is 1. The zero-order chi connectivity index (χ0) is 23.0. The van der Waals surface area contributed by atoms with Crippen LogP contribution in [0.5, 0.6) is 5.88 Å². The van der Waals surface area contributed by atoms with E-state index >= 15 is 0 Å². The van der Waals surface area contributed by atoms with Crippen molar-refractivity contribution in [3.63, 3.8) is 0 Å². The molecule has 1 saturated carbocycles. The number of pyridine rings is 1. The Morgan fingerprint density at radius 3 is 2.52 bits per heavy atom. The number of carbonyl (C=O) groups is 1. The SMILES string of the molecule is COc1nc(C(C[C@H]2CCC(=O)N2)c2ccc(S(=O)(=O)C3CC3)cc2)ccc1-c1cn[nH]c1. The van der Waals surface area contributed by atoms with E-state index in [1.54, 1.807) is 31.6 Å². The van der Waals surface area contributed by atoms with Gasteiger partial charge in [0.05, 0.1) is 29.1 Å². The Balaban J connectivity index is 1.50. The Hall–Kier alpha value is -3.20. The average Bonchev–Trinajstić information content (AvgIpc) is 3.41. The number of rotatable bonds is 8. The minimum atomic E-state index is -3.25. The van der Waals surface area contributed by atoms with E-state index in [9.17, 15) is 13.2 Å². The zero-order valence-corrected chi connectivity index (χ0v) is 19.1. The number of hydrogen-bond donors (Lipinski definition) is 2. The van der Waals surface area contributed by atoms with Crippen molar-refractivity contribution in [2.24, 2.45) is 0 Å². The van der Waals surface area contributed by atoms with Gasteiger partial charge < -0.3 is 10.1 Å². The topological polar surface area (TPSA) is 114 Å². The van der Waals surface area contributed by atoms with Crippen LogP contribution >= 0.6 is 0 Å². The van der Waals surface area contributed by atoms with Crippen molar-refractivity contribution in [2.75, 3.05) is 7.11 Å². The van der Waals surface area contributed by atoms with E-state index in [-0.39, 0.29) is 23.1 Å². The van der Waals surface area contributed by atoms with Crippen LogP contribution in [0, 0.1) is 0 Å². The predicted octanol–water partition coefficient (Wildman–Crippen LogP) is 3.22. The van der Waals surface area contributed by atoms with Crippen molar-refractivity contribution < 1.29 is 17.9 Å². The third-order valence-electron chi connectivity index (χ3n) is 6.42. The number of aromatic nitrogens is 3. The lowest BCUT2D eigenvalue weighted by molar-refractivity contribution is -0.119. The Labute approximate surface area is 192 Å². The number of H-pyrrole nitrogens is 1. The normalized spacial score (nSPS) is 19.3. The molecule has 1 saturated heterocycles. The van der Waals surface area contributed by atoms with Crippen LogP contribution in [0.25, 0.3) is 11.1 Å². The lowest BCUT2D eigenvalue weighted by atomic mass is 9.88. The zero-order valence-electron chi connectivity index (χ0n) is 18.3. The maximum absolute atomic E-state index is 12.6. The third kappa shape index (κ3) is 4.37. The van der Waals surface area contributed by atoms with Crippen LogP contribution in [0.15, 0.2) is 53.7 Å². The van der Waals surface area contributed by atoms with E-state index < -0.39 is 9.84 Å². The molecule has 0 spiro atoms. The molecule has 2 N–H and O–H groups in total. The van der Waals surface area contributed by atoms with Crippen molar-refractivity contribution in [1.82, 2.24) is 20.5 Å². The lowest BCUT2D eigenvalue weighted by Crippen LogP contribution is -2.27. The molecular weight excluding hydrogens is 440 g/mol. The van der Waals surface area contributed by atoms with Gasteiger partial charge in [0.15, 0.2) is 9.84 Å². The van der Waals surface area contributed by atoms with Gasteiger partial charge in [-0.3, -0.25) is 9.89 Å². The fraction of sp³-hybridized carbons (Fsp3) is 0.375. The van der Waals surface area contributed by atoms with Crippen LogP contribution in [0.4, 0.5) is 0 Å². The molecule has 3 aromatic rings. The summed E-state index contributed by atoms with van der Waals surface area (Å²) in [6.45, 7) is 0. The number of hydrogen-bond acceptors (Lipinski definition) is 6. The molecule has 1 amide bonds. The Bertz CT molecular complexity index is 1250. The molecule has 3 heterocycles. The highest BCUT2D eigenvalue weighted by molar-refractivity contribution is 7.92. The van der Waals surface area contributed by atoms with Crippen molar-refractivity contribution >= 4 is 15.7 Å². The fourth-order valence-corrected chi connectivity index (χ4v) is 6.11. The molecule has 33 heavy (non-hydrogen) atoms. The number of nitrogens with zero attached hydrogens (tertiary/aromatic N) is 2. The summed E-state index contributed by atoms with van der Waals surface area (Å²) in [4.78, 5) is 16.9. The van der Waals surface area contributed by atoms with E-state index in [1.807, 2.05) is 24.3 Å². The number of nitrogens with one attached hydrogen (secondary N) is 2. The highest BCUT2D eigenvalue weighted by Gasteiger charge is 2.37. The molecule has 1 aromatic carbocycles. The van der Waals surface area contributed by atoms with Crippen molar-refractivity contribution in [2.45, 2.75) is 54.2 Å². The standard InChI is InChI=1S/C24H26N4O4S/c1-32-24-20(16-13-25-26-14-16)9-10-22(28-24)21(12-17-4-11-23(29)27-17)15-2-5-18(6-3-15)33(30,31)19-7-8-19/h2-3,5-6,9-10,13-14,17,19,21H,4,7-8,11-12H2,1H3,(H,25,26)(H,27,29)/t17-,21?/m1/s1. The van der Waals surface area contributed by atoms with E-state index in [0.717, 1.165) is 41.6 Å². The Morgan fingerprint density at radius 2 is 1.91 bits per heavy atom. The highest BCUT2D eigenvalue weighted by Crippen LogP contribution is 2.37. The maximum atomic E-state index is 12.6. The smallest absolute Gasteiger partial charge is 0.221 e.